The predicted molar refractivity (Wildman–Crippen MR) is 60.5 cm³/mol. The third kappa shape index (κ3) is 7.95. The van der Waals surface area contributed by atoms with Crippen LogP contribution in [0.3, 0.4) is 0 Å². The smallest absolute Gasteiger partial charge is 0.414 e. The van der Waals surface area contributed by atoms with Gasteiger partial charge in [-0.1, -0.05) is 30.3 Å². The average Bonchev–Trinajstić information content (AvgIpc) is 2.31. The van der Waals surface area contributed by atoms with E-state index >= 15 is 0 Å². The molecule has 1 atom stereocenters. The van der Waals surface area contributed by atoms with Gasteiger partial charge >= 0.3 is 11.9 Å². The van der Waals surface area contributed by atoms with Crippen molar-refractivity contribution in [2.75, 3.05) is 6.61 Å². The van der Waals surface area contributed by atoms with Gasteiger partial charge in [-0.2, -0.15) is 0 Å². The number of aliphatic hydroxyl groups is 1. The van der Waals surface area contributed by atoms with Gasteiger partial charge in [-0.15, -0.1) is 0 Å². The number of aliphatic carboxylic acids is 2. The van der Waals surface area contributed by atoms with Crippen molar-refractivity contribution in [1.82, 2.24) is 0 Å². The van der Waals surface area contributed by atoms with Crippen LogP contribution in [-0.4, -0.2) is 39.9 Å². The van der Waals surface area contributed by atoms with Crippen LogP contribution in [0.2, 0.25) is 0 Å². The lowest BCUT2D eigenvalue weighted by atomic mass is 10.1. The standard InChI is InChI=1S/C9H13NO.C2H2O4/c10-9(7-11)6-8-4-2-1-3-5-8;3-1(4)2(5)6/h1-5,9,11H,6-7,10H2;(H,3,4)(H,5,6). The van der Waals surface area contributed by atoms with Crippen LogP contribution in [-0.2, 0) is 16.0 Å². The summed E-state index contributed by atoms with van der Waals surface area (Å²) >= 11 is 0. The summed E-state index contributed by atoms with van der Waals surface area (Å²) < 4.78 is 0. The van der Waals surface area contributed by atoms with E-state index in [1.807, 2.05) is 30.3 Å². The molecule has 17 heavy (non-hydrogen) atoms. The zero-order valence-electron chi connectivity index (χ0n) is 9.11. The van der Waals surface area contributed by atoms with Crippen LogP contribution in [0.25, 0.3) is 0 Å². The van der Waals surface area contributed by atoms with Gasteiger partial charge in [0.15, 0.2) is 0 Å². The first-order valence-electron chi connectivity index (χ1n) is 4.84. The fourth-order valence-electron chi connectivity index (χ4n) is 0.981. The lowest BCUT2D eigenvalue weighted by Gasteiger charge is -2.06. The molecule has 0 saturated heterocycles. The van der Waals surface area contributed by atoms with Gasteiger partial charge in [0, 0.05) is 6.04 Å². The van der Waals surface area contributed by atoms with Crippen LogP contribution in [0.1, 0.15) is 5.56 Å². The minimum absolute atomic E-state index is 0.0505. The Labute approximate surface area is 98.3 Å². The maximum Gasteiger partial charge on any atom is 0.414 e. The summed E-state index contributed by atoms with van der Waals surface area (Å²) in [5.41, 5.74) is 6.73. The fraction of sp³-hybridized carbons (Fsp3) is 0.273. The summed E-state index contributed by atoms with van der Waals surface area (Å²) in [6.07, 6.45) is 0.747. The zero-order chi connectivity index (χ0) is 13.3. The summed E-state index contributed by atoms with van der Waals surface area (Å²) in [7, 11) is 0. The van der Waals surface area contributed by atoms with Crippen molar-refractivity contribution >= 4 is 11.9 Å². The molecule has 0 radical (unpaired) electrons. The molecule has 0 heterocycles. The minimum atomic E-state index is -1.82. The van der Waals surface area contributed by atoms with Gasteiger partial charge in [-0.05, 0) is 12.0 Å². The van der Waals surface area contributed by atoms with Gasteiger partial charge in [-0.3, -0.25) is 0 Å². The molecule has 1 aromatic rings. The van der Waals surface area contributed by atoms with E-state index in [9.17, 15) is 0 Å². The largest absolute Gasteiger partial charge is 0.473 e. The molecule has 5 N–H and O–H groups in total. The topological polar surface area (TPSA) is 121 Å². The molecule has 0 saturated carbocycles. The van der Waals surface area contributed by atoms with E-state index in [0.717, 1.165) is 6.42 Å². The molecule has 0 aromatic heterocycles. The first kappa shape index (κ1) is 15.1. The number of carbonyl (C=O) groups is 2. The van der Waals surface area contributed by atoms with Crippen molar-refractivity contribution < 1.29 is 24.9 Å². The van der Waals surface area contributed by atoms with Gasteiger partial charge in [-0.25, -0.2) is 9.59 Å². The first-order chi connectivity index (χ1) is 7.97. The second kappa shape index (κ2) is 8.26. The lowest BCUT2D eigenvalue weighted by molar-refractivity contribution is -0.159. The molecule has 1 aromatic carbocycles. The van der Waals surface area contributed by atoms with E-state index in [4.69, 9.17) is 30.6 Å². The quantitative estimate of drug-likeness (QED) is 0.539. The highest BCUT2D eigenvalue weighted by molar-refractivity contribution is 6.27. The van der Waals surface area contributed by atoms with E-state index in [-0.39, 0.29) is 12.6 Å². The first-order valence-corrected chi connectivity index (χ1v) is 4.84. The average molecular weight is 241 g/mol. The Bertz CT molecular complexity index is 340. The number of benzene rings is 1. The Morgan fingerprint density at radius 1 is 1.12 bits per heavy atom. The Hall–Kier alpha value is -1.92. The van der Waals surface area contributed by atoms with Crippen molar-refractivity contribution in [3.8, 4) is 0 Å². The lowest BCUT2D eigenvalue weighted by Crippen LogP contribution is -2.26. The summed E-state index contributed by atoms with van der Waals surface area (Å²) in [6.45, 7) is 0.0505. The zero-order valence-corrected chi connectivity index (χ0v) is 9.11. The maximum atomic E-state index is 9.10. The molecule has 1 unspecified atom stereocenters. The summed E-state index contributed by atoms with van der Waals surface area (Å²) in [4.78, 5) is 18.2. The van der Waals surface area contributed by atoms with Gasteiger partial charge in [0.25, 0.3) is 0 Å². The Balaban J connectivity index is 0.000000366. The van der Waals surface area contributed by atoms with E-state index in [0.29, 0.717) is 0 Å². The molecule has 1 rings (SSSR count). The van der Waals surface area contributed by atoms with E-state index < -0.39 is 11.9 Å². The molecular formula is C11H15NO5. The van der Waals surface area contributed by atoms with Crippen molar-refractivity contribution in [1.29, 1.82) is 0 Å². The molecule has 94 valence electrons. The van der Waals surface area contributed by atoms with Crippen molar-refractivity contribution in [3.05, 3.63) is 35.9 Å². The van der Waals surface area contributed by atoms with E-state index in [2.05, 4.69) is 0 Å². The van der Waals surface area contributed by atoms with Gasteiger partial charge in [0.05, 0.1) is 6.61 Å². The molecule has 0 aliphatic carbocycles. The monoisotopic (exact) mass is 241 g/mol. The molecule has 0 fully saturated rings. The van der Waals surface area contributed by atoms with Crippen molar-refractivity contribution in [2.45, 2.75) is 12.5 Å². The minimum Gasteiger partial charge on any atom is -0.473 e. The number of aliphatic hydroxyl groups excluding tert-OH is 1. The Morgan fingerprint density at radius 3 is 1.94 bits per heavy atom. The third-order valence-electron chi connectivity index (χ3n) is 1.76. The molecule has 0 spiro atoms. The number of hydrogen-bond acceptors (Lipinski definition) is 4. The van der Waals surface area contributed by atoms with E-state index in [1.54, 1.807) is 0 Å². The Kier molecular flexibility index (Phi) is 7.32. The summed E-state index contributed by atoms with van der Waals surface area (Å²) in [5.74, 6) is -3.65. The fourth-order valence-corrected chi connectivity index (χ4v) is 0.981. The van der Waals surface area contributed by atoms with Crippen molar-refractivity contribution in [2.24, 2.45) is 5.73 Å². The SMILES string of the molecule is NC(CO)Cc1ccccc1.O=C(O)C(=O)O. The highest BCUT2D eigenvalue weighted by Gasteiger charge is 2.04. The molecule has 0 bridgehead atoms. The van der Waals surface area contributed by atoms with Crippen LogP contribution < -0.4 is 5.73 Å². The Morgan fingerprint density at radius 2 is 1.59 bits per heavy atom. The highest BCUT2D eigenvalue weighted by atomic mass is 16.4. The molecule has 6 nitrogen and oxygen atoms in total. The maximum absolute atomic E-state index is 9.10. The van der Waals surface area contributed by atoms with Crippen LogP contribution in [0.4, 0.5) is 0 Å². The van der Waals surface area contributed by atoms with Gasteiger partial charge in [0.2, 0.25) is 0 Å². The highest BCUT2D eigenvalue weighted by Crippen LogP contribution is 2.00. The number of rotatable bonds is 3. The number of hydrogen-bond donors (Lipinski definition) is 4. The third-order valence-corrected chi connectivity index (χ3v) is 1.76. The second-order valence-electron chi connectivity index (χ2n) is 3.24. The summed E-state index contributed by atoms with van der Waals surface area (Å²) in [5, 5.41) is 23.5. The van der Waals surface area contributed by atoms with Crippen LogP contribution in [0, 0.1) is 0 Å². The second-order valence-corrected chi connectivity index (χ2v) is 3.24. The number of carboxylic acids is 2. The van der Waals surface area contributed by atoms with Crippen LogP contribution >= 0.6 is 0 Å². The van der Waals surface area contributed by atoms with Crippen molar-refractivity contribution in [3.63, 3.8) is 0 Å². The molecule has 0 aliphatic heterocycles. The normalized spacial score (nSPS) is 10.9. The molecule has 6 heteroatoms. The van der Waals surface area contributed by atoms with Gasteiger partial charge < -0.3 is 21.1 Å². The van der Waals surface area contributed by atoms with Crippen LogP contribution in [0.15, 0.2) is 30.3 Å². The number of carboxylic acid groups (broad SMARTS) is 2. The van der Waals surface area contributed by atoms with E-state index in [1.165, 1.54) is 5.56 Å². The molecule has 0 aliphatic rings. The van der Waals surface area contributed by atoms with Gasteiger partial charge in [0.1, 0.15) is 0 Å². The predicted octanol–water partition coefficient (Wildman–Crippen LogP) is -0.296. The number of nitrogens with two attached hydrogens (primary N) is 1. The van der Waals surface area contributed by atoms with Crippen LogP contribution in [0.5, 0.6) is 0 Å². The molecular weight excluding hydrogens is 226 g/mol. The molecule has 0 amide bonds. The summed E-state index contributed by atoms with van der Waals surface area (Å²) in [6, 6.07) is 9.80.